The first-order valence-electron chi connectivity index (χ1n) is 4.82. The van der Waals surface area contributed by atoms with Crippen molar-refractivity contribution in [3.63, 3.8) is 0 Å². The van der Waals surface area contributed by atoms with Crippen molar-refractivity contribution in [2.45, 2.75) is 6.61 Å². The van der Waals surface area contributed by atoms with Crippen molar-refractivity contribution >= 4 is 5.78 Å². The Hall–Kier alpha value is -1.61. The number of hydrogen-bond donors (Lipinski definition) is 0. The molecule has 3 heteroatoms. The molecule has 1 aliphatic rings. The van der Waals surface area contributed by atoms with Crippen molar-refractivity contribution in [2.24, 2.45) is 0 Å². The highest BCUT2D eigenvalue weighted by Crippen LogP contribution is 2.08. The molecule has 0 fully saturated rings. The van der Waals surface area contributed by atoms with Crippen LogP contribution in [0.5, 0.6) is 0 Å². The SMILES string of the molecule is O=C1C=C(COCc2ccccc2)OC1. The van der Waals surface area contributed by atoms with Gasteiger partial charge in [-0.3, -0.25) is 4.79 Å². The fraction of sp³-hybridized carbons (Fsp3) is 0.250. The molecule has 0 radical (unpaired) electrons. The van der Waals surface area contributed by atoms with E-state index in [9.17, 15) is 4.79 Å². The highest BCUT2D eigenvalue weighted by molar-refractivity contribution is 5.93. The second-order valence-electron chi connectivity index (χ2n) is 3.34. The Balaban J connectivity index is 1.76. The average molecular weight is 204 g/mol. The standard InChI is InChI=1S/C12H12O3/c13-11-6-12(15-8-11)9-14-7-10-4-2-1-3-5-10/h1-6H,7-9H2. The van der Waals surface area contributed by atoms with E-state index in [2.05, 4.69) is 0 Å². The van der Waals surface area contributed by atoms with E-state index >= 15 is 0 Å². The third-order valence-electron chi connectivity index (χ3n) is 2.08. The van der Waals surface area contributed by atoms with Crippen LogP contribution in [0.2, 0.25) is 0 Å². The summed E-state index contributed by atoms with van der Waals surface area (Å²) in [4.78, 5) is 10.8. The van der Waals surface area contributed by atoms with Crippen LogP contribution in [0.15, 0.2) is 42.2 Å². The summed E-state index contributed by atoms with van der Waals surface area (Å²) in [6.07, 6.45) is 1.49. The van der Waals surface area contributed by atoms with Crippen LogP contribution in [0, 0.1) is 0 Å². The Kier molecular flexibility index (Phi) is 3.15. The number of ether oxygens (including phenoxy) is 2. The van der Waals surface area contributed by atoms with E-state index in [1.54, 1.807) is 0 Å². The highest BCUT2D eigenvalue weighted by Gasteiger charge is 2.12. The maximum absolute atomic E-state index is 10.8. The van der Waals surface area contributed by atoms with Gasteiger partial charge in [0.15, 0.2) is 12.4 Å². The zero-order chi connectivity index (χ0) is 10.5. The minimum absolute atomic E-state index is 0.00770. The lowest BCUT2D eigenvalue weighted by molar-refractivity contribution is -0.115. The number of carbonyl (C=O) groups is 1. The Morgan fingerprint density at radius 2 is 2.00 bits per heavy atom. The van der Waals surface area contributed by atoms with Gasteiger partial charge in [0.1, 0.15) is 12.4 Å². The van der Waals surface area contributed by atoms with Gasteiger partial charge in [-0.1, -0.05) is 30.3 Å². The topological polar surface area (TPSA) is 35.5 Å². The number of rotatable bonds is 4. The van der Waals surface area contributed by atoms with Crippen molar-refractivity contribution in [1.29, 1.82) is 0 Å². The molecule has 15 heavy (non-hydrogen) atoms. The number of benzene rings is 1. The molecule has 1 aromatic rings. The second kappa shape index (κ2) is 4.75. The summed E-state index contributed by atoms with van der Waals surface area (Å²) in [5.41, 5.74) is 1.11. The van der Waals surface area contributed by atoms with Gasteiger partial charge in [0.25, 0.3) is 0 Å². The monoisotopic (exact) mass is 204 g/mol. The lowest BCUT2D eigenvalue weighted by atomic mass is 10.2. The Morgan fingerprint density at radius 3 is 2.67 bits per heavy atom. The first kappa shape index (κ1) is 9.93. The lowest BCUT2D eigenvalue weighted by Crippen LogP contribution is -1.99. The van der Waals surface area contributed by atoms with Crippen LogP contribution in [-0.4, -0.2) is 19.0 Å². The van der Waals surface area contributed by atoms with E-state index < -0.39 is 0 Å². The van der Waals surface area contributed by atoms with Gasteiger partial charge in [-0.2, -0.15) is 0 Å². The summed E-state index contributed by atoms with van der Waals surface area (Å²) in [6, 6.07) is 9.88. The van der Waals surface area contributed by atoms with E-state index in [0.29, 0.717) is 19.0 Å². The maximum atomic E-state index is 10.8. The second-order valence-corrected chi connectivity index (χ2v) is 3.34. The van der Waals surface area contributed by atoms with Crippen LogP contribution in [0.3, 0.4) is 0 Å². The summed E-state index contributed by atoms with van der Waals surface area (Å²) in [5.74, 6) is 0.629. The first-order valence-corrected chi connectivity index (χ1v) is 4.82. The van der Waals surface area contributed by atoms with Gasteiger partial charge in [-0.15, -0.1) is 0 Å². The van der Waals surface area contributed by atoms with Gasteiger partial charge in [-0.05, 0) is 5.56 Å². The Labute approximate surface area is 88.3 Å². The van der Waals surface area contributed by atoms with Gasteiger partial charge >= 0.3 is 0 Å². The number of hydrogen-bond acceptors (Lipinski definition) is 3. The van der Waals surface area contributed by atoms with E-state index in [0.717, 1.165) is 5.56 Å². The van der Waals surface area contributed by atoms with Crippen LogP contribution >= 0.6 is 0 Å². The summed E-state index contributed by atoms with van der Waals surface area (Å²) in [5, 5.41) is 0. The fourth-order valence-corrected chi connectivity index (χ4v) is 1.35. The number of ketones is 1. The lowest BCUT2D eigenvalue weighted by Gasteiger charge is -2.04. The van der Waals surface area contributed by atoms with Crippen molar-refractivity contribution in [1.82, 2.24) is 0 Å². The van der Waals surface area contributed by atoms with Crippen LogP contribution in [0.4, 0.5) is 0 Å². The van der Waals surface area contributed by atoms with E-state index in [4.69, 9.17) is 9.47 Å². The molecule has 0 spiro atoms. The third kappa shape index (κ3) is 2.92. The minimum Gasteiger partial charge on any atom is -0.487 e. The molecule has 0 aliphatic carbocycles. The molecule has 0 aromatic heterocycles. The number of carbonyl (C=O) groups excluding carboxylic acids is 1. The summed E-state index contributed by atoms with van der Waals surface area (Å²) < 4.78 is 10.5. The van der Waals surface area contributed by atoms with Crippen molar-refractivity contribution in [3.8, 4) is 0 Å². The van der Waals surface area contributed by atoms with Crippen LogP contribution in [0.1, 0.15) is 5.56 Å². The smallest absolute Gasteiger partial charge is 0.196 e. The predicted octanol–water partition coefficient (Wildman–Crippen LogP) is 1.69. The van der Waals surface area contributed by atoms with Gasteiger partial charge in [-0.25, -0.2) is 0 Å². The Morgan fingerprint density at radius 1 is 1.20 bits per heavy atom. The molecule has 0 N–H and O–H groups in total. The molecule has 0 amide bonds. The van der Waals surface area contributed by atoms with Crippen molar-refractivity contribution in [3.05, 3.63) is 47.7 Å². The molecule has 0 saturated heterocycles. The molecule has 3 nitrogen and oxygen atoms in total. The molecular formula is C12H12O3. The van der Waals surface area contributed by atoms with E-state index in [1.165, 1.54) is 6.08 Å². The van der Waals surface area contributed by atoms with Gasteiger partial charge in [0.2, 0.25) is 0 Å². The van der Waals surface area contributed by atoms with Crippen LogP contribution in [0.25, 0.3) is 0 Å². The quantitative estimate of drug-likeness (QED) is 0.748. The minimum atomic E-state index is 0.00770. The summed E-state index contributed by atoms with van der Waals surface area (Å²) in [7, 11) is 0. The van der Waals surface area contributed by atoms with Gasteiger partial charge in [0.05, 0.1) is 6.61 Å². The summed E-state index contributed by atoms with van der Waals surface area (Å²) >= 11 is 0. The molecule has 0 saturated carbocycles. The fourth-order valence-electron chi connectivity index (χ4n) is 1.35. The molecule has 78 valence electrons. The molecule has 1 aromatic carbocycles. The molecule has 1 heterocycles. The molecule has 2 rings (SSSR count). The molecule has 0 bridgehead atoms. The largest absolute Gasteiger partial charge is 0.487 e. The first-order chi connectivity index (χ1) is 7.34. The van der Waals surface area contributed by atoms with Gasteiger partial charge in [0, 0.05) is 6.08 Å². The highest BCUT2D eigenvalue weighted by atomic mass is 16.5. The van der Waals surface area contributed by atoms with Crippen LogP contribution < -0.4 is 0 Å². The molecule has 0 atom stereocenters. The summed E-state index contributed by atoms with van der Waals surface area (Å²) in [6.45, 7) is 1.06. The zero-order valence-electron chi connectivity index (χ0n) is 8.31. The normalized spacial score (nSPS) is 14.9. The molecule has 0 unspecified atom stereocenters. The predicted molar refractivity (Wildman–Crippen MR) is 55.1 cm³/mol. The van der Waals surface area contributed by atoms with Crippen molar-refractivity contribution in [2.75, 3.05) is 13.2 Å². The average Bonchev–Trinajstić information content (AvgIpc) is 2.66. The molecular weight excluding hydrogens is 192 g/mol. The van der Waals surface area contributed by atoms with Crippen LogP contribution in [-0.2, 0) is 20.9 Å². The van der Waals surface area contributed by atoms with E-state index in [1.807, 2.05) is 30.3 Å². The maximum Gasteiger partial charge on any atom is 0.196 e. The third-order valence-corrected chi connectivity index (χ3v) is 2.08. The Bertz CT molecular complexity index is 368. The van der Waals surface area contributed by atoms with E-state index in [-0.39, 0.29) is 12.4 Å². The molecule has 1 aliphatic heterocycles. The van der Waals surface area contributed by atoms with Gasteiger partial charge < -0.3 is 9.47 Å². The zero-order valence-corrected chi connectivity index (χ0v) is 8.31. The van der Waals surface area contributed by atoms with Crippen molar-refractivity contribution < 1.29 is 14.3 Å².